The Morgan fingerprint density at radius 1 is 1.32 bits per heavy atom. The SMILES string of the molecule is N#Cc1c[nH]c(-c2nc(-c3ccccc3Cl)no2)c1. The summed E-state index contributed by atoms with van der Waals surface area (Å²) in [7, 11) is 0. The summed E-state index contributed by atoms with van der Waals surface area (Å²) < 4.78 is 5.16. The van der Waals surface area contributed by atoms with E-state index in [2.05, 4.69) is 15.1 Å². The third-order valence-corrected chi connectivity index (χ3v) is 2.91. The van der Waals surface area contributed by atoms with Crippen molar-refractivity contribution >= 4 is 11.6 Å². The third kappa shape index (κ3) is 2.09. The molecule has 0 radical (unpaired) electrons. The molecule has 1 N–H and O–H groups in total. The monoisotopic (exact) mass is 270 g/mol. The number of hydrogen-bond donors (Lipinski definition) is 1. The molecule has 6 heteroatoms. The number of aromatic amines is 1. The van der Waals surface area contributed by atoms with E-state index in [1.165, 1.54) is 0 Å². The fourth-order valence-corrected chi connectivity index (χ4v) is 1.89. The predicted octanol–water partition coefficient (Wildman–Crippen LogP) is 3.26. The molecule has 3 aromatic rings. The van der Waals surface area contributed by atoms with Crippen molar-refractivity contribution in [1.29, 1.82) is 5.26 Å². The Hall–Kier alpha value is -2.58. The van der Waals surface area contributed by atoms with Crippen molar-refractivity contribution in [2.45, 2.75) is 0 Å². The van der Waals surface area contributed by atoms with Gasteiger partial charge >= 0.3 is 0 Å². The second-order valence-corrected chi connectivity index (χ2v) is 4.22. The van der Waals surface area contributed by atoms with Gasteiger partial charge in [-0.25, -0.2) is 0 Å². The lowest BCUT2D eigenvalue weighted by molar-refractivity contribution is 0.431. The maximum absolute atomic E-state index is 8.76. The van der Waals surface area contributed by atoms with Crippen LogP contribution in [0.5, 0.6) is 0 Å². The Bertz CT molecular complexity index is 769. The molecule has 0 aliphatic heterocycles. The van der Waals surface area contributed by atoms with Crippen molar-refractivity contribution in [2.75, 3.05) is 0 Å². The molecule has 2 aromatic heterocycles. The number of nitrogens with zero attached hydrogens (tertiary/aromatic N) is 3. The average molecular weight is 271 g/mol. The molecule has 0 atom stereocenters. The van der Waals surface area contributed by atoms with Crippen molar-refractivity contribution in [1.82, 2.24) is 15.1 Å². The van der Waals surface area contributed by atoms with E-state index < -0.39 is 0 Å². The number of hydrogen-bond acceptors (Lipinski definition) is 4. The summed E-state index contributed by atoms with van der Waals surface area (Å²) >= 11 is 6.07. The van der Waals surface area contributed by atoms with E-state index in [9.17, 15) is 0 Å². The first-order chi connectivity index (χ1) is 9.28. The highest BCUT2D eigenvalue weighted by Gasteiger charge is 2.14. The normalized spacial score (nSPS) is 10.3. The summed E-state index contributed by atoms with van der Waals surface area (Å²) in [4.78, 5) is 7.16. The fraction of sp³-hybridized carbons (Fsp3) is 0. The van der Waals surface area contributed by atoms with E-state index in [1.807, 2.05) is 24.3 Å². The summed E-state index contributed by atoms with van der Waals surface area (Å²) in [6.07, 6.45) is 1.58. The highest BCUT2D eigenvalue weighted by atomic mass is 35.5. The zero-order valence-electron chi connectivity index (χ0n) is 9.59. The van der Waals surface area contributed by atoms with E-state index in [4.69, 9.17) is 21.4 Å². The van der Waals surface area contributed by atoms with Crippen LogP contribution in [0.3, 0.4) is 0 Å². The Balaban J connectivity index is 2.00. The smallest absolute Gasteiger partial charge is 0.274 e. The van der Waals surface area contributed by atoms with Crippen LogP contribution in [0.1, 0.15) is 5.56 Å². The number of halogens is 1. The minimum absolute atomic E-state index is 0.316. The van der Waals surface area contributed by atoms with E-state index in [-0.39, 0.29) is 0 Å². The van der Waals surface area contributed by atoms with Crippen LogP contribution in [0.2, 0.25) is 5.02 Å². The number of H-pyrrole nitrogens is 1. The van der Waals surface area contributed by atoms with Crippen molar-refractivity contribution in [3.63, 3.8) is 0 Å². The molecule has 0 bridgehead atoms. The number of aromatic nitrogens is 3. The van der Waals surface area contributed by atoms with Crippen LogP contribution in [0, 0.1) is 11.3 Å². The summed E-state index contributed by atoms with van der Waals surface area (Å²) in [5, 5.41) is 13.2. The molecule has 0 spiro atoms. The Labute approximate surface area is 113 Å². The number of rotatable bonds is 2. The van der Waals surface area contributed by atoms with Gasteiger partial charge in [-0.3, -0.25) is 0 Å². The zero-order valence-corrected chi connectivity index (χ0v) is 10.3. The molecule has 0 saturated carbocycles. The van der Waals surface area contributed by atoms with Crippen molar-refractivity contribution in [2.24, 2.45) is 0 Å². The molecular formula is C13H7ClN4O. The molecule has 0 unspecified atom stereocenters. The molecule has 0 aliphatic rings. The topological polar surface area (TPSA) is 78.5 Å². The molecule has 2 heterocycles. The summed E-state index contributed by atoms with van der Waals surface area (Å²) in [6.45, 7) is 0. The maximum atomic E-state index is 8.76. The largest absolute Gasteiger partial charge is 0.356 e. The second-order valence-electron chi connectivity index (χ2n) is 3.82. The van der Waals surface area contributed by atoms with Gasteiger partial charge in [0.15, 0.2) is 0 Å². The van der Waals surface area contributed by atoms with E-state index in [1.54, 1.807) is 18.3 Å². The predicted molar refractivity (Wildman–Crippen MR) is 69.2 cm³/mol. The Morgan fingerprint density at radius 2 is 2.16 bits per heavy atom. The van der Waals surface area contributed by atoms with Crippen LogP contribution in [-0.4, -0.2) is 15.1 Å². The average Bonchev–Trinajstić information content (AvgIpc) is 3.08. The quantitative estimate of drug-likeness (QED) is 0.775. The van der Waals surface area contributed by atoms with Gasteiger partial charge in [-0.2, -0.15) is 10.2 Å². The van der Waals surface area contributed by atoms with Gasteiger partial charge in [-0.1, -0.05) is 28.9 Å². The lowest BCUT2D eigenvalue weighted by atomic mass is 10.2. The van der Waals surface area contributed by atoms with E-state index in [0.717, 1.165) is 0 Å². The molecule has 19 heavy (non-hydrogen) atoms. The van der Waals surface area contributed by atoms with Gasteiger partial charge in [-0.15, -0.1) is 0 Å². The van der Waals surface area contributed by atoms with Crippen molar-refractivity contribution in [3.8, 4) is 29.0 Å². The number of nitrogens with one attached hydrogen (secondary N) is 1. The van der Waals surface area contributed by atoms with Gasteiger partial charge in [0.2, 0.25) is 5.82 Å². The first-order valence-corrected chi connectivity index (χ1v) is 5.83. The number of benzene rings is 1. The van der Waals surface area contributed by atoms with Crippen LogP contribution in [-0.2, 0) is 0 Å². The summed E-state index contributed by atoms with van der Waals surface area (Å²) in [5.41, 5.74) is 1.81. The highest BCUT2D eigenvalue weighted by Crippen LogP contribution is 2.27. The molecule has 5 nitrogen and oxygen atoms in total. The summed E-state index contributed by atoms with van der Waals surface area (Å²) in [5.74, 6) is 0.727. The Morgan fingerprint density at radius 3 is 2.89 bits per heavy atom. The standard InChI is InChI=1S/C13H7ClN4O/c14-10-4-2-1-3-9(10)12-17-13(19-18-12)11-5-8(6-15)7-16-11/h1-5,7,16H. The fourth-order valence-electron chi connectivity index (χ4n) is 1.67. The van der Waals surface area contributed by atoms with Crippen LogP contribution in [0.25, 0.3) is 23.0 Å². The van der Waals surface area contributed by atoms with Crippen molar-refractivity contribution in [3.05, 3.63) is 47.1 Å². The van der Waals surface area contributed by atoms with E-state index in [0.29, 0.717) is 33.6 Å². The third-order valence-electron chi connectivity index (χ3n) is 2.58. The molecule has 92 valence electrons. The minimum atomic E-state index is 0.316. The summed E-state index contributed by atoms with van der Waals surface area (Å²) in [6, 6.07) is 10.9. The van der Waals surface area contributed by atoms with Crippen LogP contribution >= 0.6 is 11.6 Å². The van der Waals surface area contributed by atoms with Crippen LogP contribution in [0.4, 0.5) is 0 Å². The molecule has 0 fully saturated rings. The van der Waals surface area contributed by atoms with Crippen molar-refractivity contribution < 1.29 is 4.52 Å². The second kappa shape index (κ2) is 4.59. The van der Waals surface area contributed by atoms with Gasteiger partial charge in [0.1, 0.15) is 11.8 Å². The molecule has 3 rings (SSSR count). The van der Waals surface area contributed by atoms with Gasteiger partial charge in [0.05, 0.1) is 10.6 Å². The minimum Gasteiger partial charge on any atom is -0.356 e. The zero-order chi connectivity index (χ0) is 13.2. The van der Waals surface area contributed by atoms with Gasteiger partial charge < -0.3 is 9.51 Å². The Kier molecular flexibility index (Phi) is 2.78. The number of nitriles is 1. The van der Waals surface area contributed by atoms with Gasteiger partial charge in [0.25, 0.3) is 5.89 Å². The first kappa shape index (κ1) is 11.5. The van der Waals surface area contributed by atoms with Gasteiger partial charge in [0, 0.05) is 11.8 Å². The van der Waals surface area contributed by atoms with E-state index >= 15 is 0 Å². The molecule has 0 aliphatic carbocycles. The lowest BCUT2D eigenvalue weighted by Crippen LogP contribution is -1.82. The molecule has 1 aromatic carbocycles. The maximum Gasteiger partial charge on any atom is 0.274 e. The highest BCUT2D eigenvalue weighted by molar-refractivity contribution is 6.33. The van der Waals surface area contributed by atoms with Crippen LogP contribution < -0.4 is 0 Å². The van der Waals surface area contributed by atoms with Gasteiger partial charge in [-0.05, 0) is 18.2 Å². The molecule has 0 saturated heterocycles. The molecular weight excluding hydrogens is 264 g/mol. The first-order valence-electron chi connectivity index (χ1n) is 5.45. The lowest BCUT2D eigenvalue weighted by Gasteiger charge is -1.95. The molecule has 0 amide bonds. The van der Waals surface area contributed by atoms with Crippen LogP contribution in [0.15, 0.2) is 41.1 Å².